The smallest absolute Gasteiger partial charge is 0.245 e. The van der Waals surface area contributed by atoms with Gasteiger partial charge in [-0.2, -0.15) is 0 Å². The molecule has 138 valence electrons. The molecule has 25 heavy (non-hydrogen) atoms. The Morgan fingerprint density at radius 3 is 2.64 bits per heavy atom. The number of likely N-dealkylation sites (tertiary alicyclic amines) is 1. The third kappa shape index (κ3) is 4.36. The van der Waals surface area contributed by atoms with Gasteiger partial charge in [-0.3, -0.25) is 14.4 Å². The van der Waals surface area contributed by atoms with E-state index in [-0.39, 0.29) is 30.9 Å². The number of hydrogen-bond donors (Lipinski definition) is 3. The Balaban J connectivity index is 2.12. The van der Waals surface area contributed by atoms with Crippen LogP contribution in [-0.2, 0) is 20.9 Å². The number of imidazole rings is 1. The lowest BCUT2D eigenvalue weighted by Gasteiger charge is -2.24. The molecule has 9 nitrogen and oxygen atoms in total. The predicted octanol–water partition coefficient (Wildman–Crippen LogP) is -1.29. The molecular weight excluding hydrogens is 326 g/mol. The summed E-state index contributed by atoms with van der Waals surface area (Å²) in [6, 6.07) is -0.997. The highest BCUT2D eigenvalue weighted by atomic mass is 16.3. The van der Waals surface area contributed by atoms with Crippen LogP contribution in [-0.4, -0.2) is 69.1 Å². The number of aliphatic hydroxyl groups is 1. The average Bonchev–Trinajstić information content (AvgIpc) is 3.13. The number of rotatable bonds is 6. The number of carbonyl (C=O) groups is 3. The molecule has 0 aromatic carbocycles. The lowest BCUT2D eigenvalue weighted by molar-refractivity contribution is -0.138. The van der Waals surface area contributed by atoms with Crippen LogP contribution in [0, 0.1) is 13.8 Å². The first-order valence-electron chi connectivity index (χ1n) is 8.33. The van der Waals surface area contributed by atoms with Crippen molar-refractivity contribution in [2.24, 2.45) is 0 Å². The average molecular weight is 351 g/mol. The van der Waals surface area contributed by atoms with E-state index in [2.05, 4.69) is 15.6 Å². The third-order valence-electron chi connectivity index (χ3n) is 4.43. The Kier molecular flexibility index (Phi) is 6.13. The van der Waals surface area contributed by atoms with Crippen molar-refractivity contribution in [3.63, 3.8) is 0 Å². The van der Waals surface area contributed by atoms with E-state index in [1.54, 1.807) is 10.9 Å². The van der Waals surface area contributed by atoms with Gasteiger partial charge in [-0.05, 0) is 27.2 Å². The van der Waals surface area contributed by atoms with Crippen molar-refractivity contribution < 1.29 is 19.5 Å². The van der Waals surface area contributed by atoms with E-state index >= 15 is 0 Å². The normalized spacial score (nSPS) is 19.8. The number of hydrogen-bond acceptors (Lipinski definition) is 5. The molecule has 0 radical (unpaired) electrons. The second kappa shape index (κ2) is 8.11. The van der Waals surface area contributed by atoms with E-state index in [1.807, 2.05) is 20.8 Å². The van der Waals surface area contributed by atoms with Gasteiger partial charge in [-0.1, -0.05) is 0 Å². The minimum atomic E-state index is -0.638. The number of amides is 3. The van der Waals surface area contributed by atoms with Gasteiger partial charge in [-0.25, -0.2) is 4.98 Å². The number of carbonyl (C=O) groups excluding carboxylic acids is 3. The number of nitrogens with zero attached hydrogens (tertiary/aromatic N) is 3. The molecule has 2 atom stereocenters. The molecular formula is C16H25N5O4. The molecule has 1 saturated heterocycles. The quantitative estimate of drug-likeness (QED) is 0.590. The van der Waals surface area contributed by atoms with Crippen molar-refractivity contribution in [3.05, 3.63) is 17.7 Å². The van der Waals surface area contributed by atoms with E-state index in [0.29, 0.717) is 13.0 Å². The zero-order valence-corrected chi connectivity index (χ0v) is 14.8. The van der Waals surface area contributed by atoms with Crippen molar-refractivity contribution in [2.45, 2.75) is 45.8 Å². The molecule has 9 heteroatoms. The fraction of sp³-hybridized carbons (Fsp3) is 0.625. The molecule has 1 aliphatic rings. The third-order valence-corrected chi connectivity index (χ3v) is 4.43. The highest BCUT2D eigenvalue weighted by Gasteiger charge is 2.39. The van der Waals surface area contributed by atoms with Crippen LogP contribution in [0.2, 0.25) is 0 Å². The minimum Gasteiger partial charge on any atom is -0.387 e. The first kappa shape index (κ1) is 18.9. The van der Waals surface area contributed by atoms with Crippen LogP contribution < -0.4 is 10.6 Å². The molecule has 1 aromatic heterocycles. The maximum atomic E-state index is 12.7. The first-order valence-corrected chi connectivity index (χ1v) is 8.33. The summed E-state index contributed by atoms with van der Waals surface area (Å²) in [6.45, 7) is 5.72. The Hall–Kier alpha value is -2.42. The molecule has 2 heterocycles. The van der Waals surface area contributed by atoms with Crippen LogP contribution in [0.1, 0.15) is 24.7 Å². The highest BCUT2D eigenvalue weighted by molar-refractivity contribution is 5.88. The summed E-state index contributed by atoms with van der Waals surface area (Å²) in [5, 5.41) is 14.2. The zero-order valence-electron chi connectivity index (χ0n) is 14.8. The molecule has 0 spiro atoms. The molecule has 1 aliphatic heterocycles. The van der Waals surface area contributed by atoms with Crippen LogP contribution in [0.15, 0.2) is 6.33 Å². The van der Waals surface area contributed by atoms with Gasteiger partial charge < -0.3 is 25.2 Å². The van der Waals surface area contributed by atoms with Crippen LogP contribution >= 0.6 is 0 Å². The predicted molar refractivity (Wildman–Crippen MR) is 89.5 cm³/mol. The standard InChI is InChI=1S/C16H25N5O4/c1-4-17-16(25)13-5-12(19-14(23)8-22)6-21(13)15(24)7-20-9-18-10(2)11(20)3/h9,12-13,22H,4-8H2,1-3H3,(H,17,25)(H,19,23)/t12-,13-/m0/s1. The summed E-state index contributed by atoms with van der Waals surface area (Å²) in [6.07, 6.45) is 1.93. The first-order chi connectivity index (χ1) is 11.9. The maximum absolute atomic E-state index is 12.7. The Morgan fingerprint density at radius 2 is 2.08 bits per heavy atom. The Labute approximate surface area is 146 Å². The van der Waals surface area contributed by atoms with Crippen molar-refractivity contribution in [1.29, 1.82) is 0 Å². The van der Waals surface area contributed by atoms with E-state index in [1.165, 1.54) is 4.90 Å². The molecule has 0 bridgehead atoms. The largest absolute Gasteiger partial charge is 0.387 e. The topological polar surface area (TPSA) is 117 Å². The monoisotopic (exact) mass is 351 g/mol. The summed E-state index contributed by atoms with van der Waals surface area (Å²) < 4.78 is 1.74. The Bertz CT molecular complexity index is 657. The van der Waals surface area contributed by atoms with Gasteiger partial charge in [0.05, 0.1) is 12.0 Å². The van der Waals surface area contributed by atoms with Crippen molar-refractivity contribution in [1.82, 2.24) is 25.1 Å². The molecule has 0 unspecified atom stereocenters. The van der Waals surface area contributed by atoms with Gasteiger partial charge in [-0.15, -0.1) is 0 Å². The molecule has 1 aromatic rings. The second-order valence-electron chi connectivity index (χ2n) is 6.16. The molecule has 1 fully saturated rings. The van der Waals surface area contributed by atoms with Gasteiger partial charge in [0, 0.05) is 24.8 Å². The highest BCUT2D eigenvalue weighted by Crippen LogP contribution is 2.19. The summed E-state index contributed by atoms with van der Waals surface area (Å²) in [4.78, 5) is 42.1. The number of aliphatic hydroxyl groups excluding tert-OH is 1. The number of aromatic nitrogens is 2. The van der Waals surface area contributed by atoms with E-state index < -0.39 is 18.6 Å². The Morgan fingerprint density at radius 1 is 1.36 bits per heavy atom. The molecule has 2 rings (SSSR count). The van der Waals surface area contributed by atoms with E-state index in [9.17, 15) is 14.4 Å². The fourth-order valence-corrected chi connectivity index (χ4v) is 2.97. The summed E-state index contributed by atoms with van der Waals surface area (Å²) in [5.74, 6) is -0.970. The van der Waals surface area contributed by atoms with E-state index in [4.69, 9.17) is 5.11 Å². The maximum Gasteiger partial charge on any atom is 0.245 e. The van der Waals surface area contributed by atoms with Crippen molar-refractivity contribution >= 4 is 17.7 Å². The minimum absolute atomic E-state index is 0.0866. The lowest BCUT2D eigenvalue weighted by atomic mass is 10.1. The van der Waals surface area contributed by atoms with Gasteiger partial charge in [0.2, 0.25) is 17.7 Å². The number of nitrogens with one attached hydrogen (secondary N) is 2. The van der Waals surface area contributed by atoms with Crippen molar-refractivity contribution in [3.8, 4) is 0 Å². The van der Waals surface area contributed by atoms with Crippen LogP contribution in [0.3, 0.4) is 0 Å². The summed E-state index contributed by atoms with van der Waals surface area (Å²) in [5.41, 5.74) is 1.75. The molecule has 0 aliphatic carbocycles. The number of likely N-dealkylation sites (N-methyl/N-ethyl adjacent to an activating group) is 1. The molecule has 3 N–H and O–H groups in total. The van der Waals surface area contributed by atoms with Crippen LogP contribution in [0.25, 0.3) is 0 Å². The van der Waals surface area contributed by atoms with Gasteiger partial charge >= 0.3 is 0 Å². The van der Waals surface area contributed by atoms with Crippen LogP contribution in [0.4, 0.5) is 0 Å². The van der Waals surface area contributed by atoms with Gasteiger partial charge in [0.25, 0.3) is 0 Å². The lowest BCUT2D eigenvalue weighted by Crippen LogP contribution is -2.47. The summed E-state index contributed by atoms with van der Waals surface area (Å²) >= 11 is 0. The van der Waals surface area contributed by atoms with Gasteiger partial charge in [0.15, 0.2) is 0 Å². The number of aryl methyl sites for hydroxylation is 1. The molecule has 0 saturated carbocycles. The van der Waals surface area contributed by atoms with E-state index in [0.717, 1.165) is 11.4 Å². The fourth-order valence-electron chi connectivity index (χ4n) is 2.97. The second-order valence-corrected chi connectivity index (χ2v) is 6.16. The SMILES string of the molecule is CCNC(=O)[C@@H]1C[C@H](NC(=O)CO)CN1C(=O)Cn1cnc(C)c1C. The zero-order chi connectivity index (χ0) is 18.6. The van der Waals surface area contributed by atoms with Crippen molar-refractivity contribution in [2.75, 3.05) is 19.7 Å². The van der Waals surface area contributed by atoms with Crippen LogP contribution in [0.5, 0.6) is 0 Å². The summed E-state index contributed by atoms with van der Waals surface area (Å²) in [7, 11) is 0. The molecule has 3 amide bonds. The van der Waals surface area contributed by atoms with Gasteiger partial charge in [0.1, 0.15) is 19.2 Å².